The molecule has 2 N–H and O–H groups in total. The van der Waals surface area contributed by atoms with E-state index < -0.39 is 0 Å². The van der Waals surface area contributed by atoms with Gasteiger partial charge in [0.15, 0.2) is 0 Å². The molecule has 7 heteroatoms. The van der Waals surface area contributed by atoms with Crippen LogP contribution in [0, 0.1) is 0 Å². The summed E-state index contributed by atoms with van der Waals surface area (Å²) in [5, 5.41) is 10.5. The van der Waals surface area contributed by atoms with E-state index in [0.717, 1.165) is 76.5 Å². The van der Waals surface area contributed by atoms with Gasteiger partial charge in [0, 0.05) is 45.8 Å². The molecule has 3 heterocycles. The van der Waals surface area contributed by atoms with Crippen molar-refractivity contribution in [3.05, 3.63) is 17.5 Å². The molecule has 2 aliphatic rings. The van der Waals surface area contributed by atoms with Crippen molar-refractivity contribution in [1.82, 2.24) is 25.3 Å². The van der Waals surface area contributed by atoms with Gasteiger partial charge in [-0.2, -0.15) is 5.10 Å². The Bertz CT molecular complexity index is 512. The van der Waals surface area contributed by atoms with Crippen molar-refractivity contribution >= 4 is 5.91 Å². The fourth-order valence-corrected chi connectivity index (χ4v) is 3.47. The molecule has 7 nitrogen and oxygen atoms in total. The van der Waals surface area contributed by atoms with Crippen LogP contribution in [0.3, 0.4) is 0 Å². The Morgan fingerprint density at radius 1 is 1.39 bits per heavy atom. The van der Waals surface area contributed by atoms with Crippen molar-refractivity contribution in [3.8, 4) is 0 Å². The number of hydrogen-bond donors (Lipinski definition) is 2. The average Bonchev–Trinajstić information content (AvgIpc) is 3.19. The van der Waals surface area contributed by atoms with Crippen molar-refractivity contribution in [1.29, 1.82) is 0 Å². The normalized spacial score (nSPS) is 23.2. The van der Waals surface area contributed by atoms with Crippen LogP contribution >= 0.6 is 0 Å². The Morgan fingerprint density at radius 3 is 3.09 bits per heavy atom. The molecule has 0 saturated carbocycles. The highest BCUT2D eigenvalue weighted by Gasteiger charge is 2.27. The Labute approximate surface area is 137 Å². The minimum atomic E-state index is 0.120. The van der Waals surface area contributed by atoms with Gasteiger partial charge in [-0.1, -0.05) is 0 Å². The molecular weight excluding hydrogens is 294 g/mol. The van der Waals surface area contributed by atoms with Gasteiger partial charge >= 0.3 is 0 Å². The molecule has 2 aliphatic heterocycles. The Hall–Kier alpha value is -1.44. The zero-order valence-electron chi connectivity index (χ0n) is 13.9. The van der Waals surface area contributed by atoms with Crippen LogP contribution in [-0.4, -0.2) is 85.4 Å². The van der Waals surface area contributed by atoms with Gasteiger partial charge in [-0.3, -0.25) is 14.8 Å². The summed E-state index contributed by atoms with van der Waals surface area (Å²) in [6.07, 6.45) is 3.77. The fourth-order valence-electron chi connectivity index (χ4n) is 3.47. The van der Waals surface area contributed by atoms with Gasteiger partial charge in [-0.15, -0.1) is 0 Å². The molecule has 1 aromatic heterocycles. The number of carbonyl (C=O) groups is 1. The van der Waals surface area contributed by atoms with E-state index in [1.807, 2.05) is 4.90 Å². The second kappa shape index (κ2) is 7.90. The maximum Gasteiger partial charge on any atom is 0.257 e. The Morgan fingerprint density at radius 2 is 2.30 bits per heavy atom. The lowest BCUT2D eigenvalue weighted by Crippen LogP contribution is -2.36. The largest absolute Gasteiger partial charge is 0.383 e. The highest BCUT2D eigenvalue weighted by Crippen LogP contribution is 2.24. The molecule has 2 fully saturated rings. The predicted molar refractivity (Wildman–Crippen MR) is 87.7 cm³/mol. The summed E-state index contributed by atoms with van der Waals surface area (Å²) in [4.78, 5) is 17.3. The molecule has 23 heavy (non-hydrogen) atoms. The van der Waals surface area contributed by atoms with Gasteiger partial charge in [0.25, 0.3) is 5.91 Å². The van der Waals surface area contributed by atoms with Gasteiger partial charge in [0.05, 0.1) is 24.1 Å². The molecule has 0 bridgehead atoms. The zero-order chi connectivity index (χ0) is 16.1. The molecule has 3 rings (SSSR count). The van der Waals surface area contributed by atoms with E-state index in [1.54, 1.807) is 13.3 Å². The van der Waals surface area contributed by atoms with Crippen molar-refractivity contribution in [3.63, 3.8) is 0 Å². The molecular formula is C16H27N5O2. The van der Waals surface area contributed by atoms with Crippen LogP contribution in [0.2, 0.25) is 0 Å². The van der Waals surface area contributed by atoms with E-state index >= 15 is 0 Å². The summed E-state index contributed by atoms with van der Waals surface area (Å²) >= 11 is 0. The quantitative estimate of drug-likeness (QED) is 0.815. The summed E-state index contributed by atoms with van der Waals surface area (Å²) in [6, 6.07) is 0. The summed E-state index contributed by atoms with van der Waals surface area (Å²) in [6.45, 7) is 7.14. The van der Waals surface area contributed by atoms with E-state index in [4.69, 9.17) is 4.74 Å². The average molecular weight is 321 g/mol. The number of carbonyl (C=O) groups excluding carboxylic acids is 1. The van der Waals surface area contributed by atoms with Gasteiger partial charge in [-0.25, -0.2) is 0 Å². The first kappa shape index (κ1) is 16.4. The lowest BCUT2D eigenvalue weighted by atomic mass is 10.0. The number of nitrogens with one attached hydrogen (secondary N) is 2. The molecule has 128 valence electrons. The molecule has 1 amide bonds. The van der Waals surface area contributed by atoms with Gasteiger partial charge in [0.1, 0.15) is 0 Å². The molecule has 0 aliphatic carbocycles. The first-order valence-electron chi connectivity index (χ1n) is 8.54. The molecule has 0 spiro atoms. The SMILES string of the molecule is COCCN1CCCN(C(=O)c2cn[nH]c2C2CCNC2)CC1. The lowest BCUT2D eigenvalue weighted by Gasteiger charge is -2.22. The van der Waals surface area contributed by atoms with Gasteiger partial charge in [0.2, 0.25) is 0 Å². The Kier molecular flexibility index (Phi) is 5.64. The third-order valence-corrected chi connectivity index (χ3v) is 4.86. The first-order valence-corrected chi connectivity index (χ1v) is 8.54. The van der Waals surface area contributed by atoms with E-state index in [1.165, 1.54) is 0 Å². The van der Waals surface area contributed by atoms with Crippen molar-refractivity contribution in [2.75, 3.05) is 59.5 Å². The number of amides is 1. The molecule has 1 unspecified atom stereocenters. The number of H-pyrrole nitrogens is 1. The molecule has 0 radical (unpaired) electrons. The van der Waals surface area contributed by atoms with Crippen molar-refractivity contribution < 1.29 is 9.53 Å². The molecule has 2 saturated heterocycles. The topological polar surface area (TPSA) is 73.5 Å². The molecule has 1 atom stereocenters. The summed E-state index contributed by atoms with van der Waals surface area (Å²) in [5.41, 5.74) is 1.75. The van der Waals surface area contributed by atoms with Crippen LogP contribution in [-0.2, 0) is 4.74 Å². The maximum atomic E-state index is 12.9. The number of aromatic nitrogens is 2. The fraction of sp³-hybridized carbons (Fsp3) is 0.750. The summed E-state index contributed by atoms with van der Waals surface area (Å²) in [5.74, 6) is 0.496. The second-order valence-corrected chi connectivity index (χ2v) is 6.37. The van der Waals surface area contributed by atoms with E-state index in [-0.39, 0.29) is 5.91 Å². The van der Waals surface area contributed by atoms with E-state index in [0.29, 0.717) is 5.92 Å². The summed E-state index contributed by atoms with van der Waals surface area (Å²) in [7, 11) is 1.73. The van der Waals surface area contributed by atoms with E-state index in [9.17, 15) is 4.79 Å². The predicted octanol–water partition coefficient (Wildman–Crippen LogP) is 0.281. The Balaban J connectivity index is 1.63. The molecule has 0 aromatic carbocycles. The van der Waals surface area contributed by atoms with Gasteiger partial charge in [-0.05, 0) is 25.9 Å². The van der Waals surface area contributed by atoms with Crippen LogP contribution < -0.4 is 5.32 Å². The minimum Gasteiger partial charge on any atom is -0.383 e. The smallest absolute Gasteiger partial charge is 0.257 e. The second-order valence-electron chi connectivity index (χ2n) is 6.37. The van der Waals surface area contributed by atoms with Crippen LogP contribution in [0.25, 0.3) is 0 Å². The zero-order valence-corrected chi connectivity index (χ0v) is 13.9. The standard InChI is InChI=1S/C16H27N5O2/c1-23-10-9-20-5-2-6-21(8-7-20)16(22)14-12-18-19-15(14)13-3-4-17-11-13/h12-13,17H,2-11H2,1H3,(H,18,19). The number of rotatable bonds is 5. The van der Waals surface area contributed by atoms with Crippen LogP contribution in [0.15, 0.2) is 6.20 Å². The number of hydrogen-bond acceptors (Lipinski definition) is 5. The third kappa shape index (κ3) is 3.91. The number of aromatic amines is 1. The van der Waals surface area contributed by atoms with Crippen LogP contribution in [0.4, 0.5) is 0 Å². The number of nitrogens with zero attached hydrogens (tertiary/aromatic N) is 3. The molecule has 1 aromatic rings. The monoisotopic (exact) mass is 321 g/mol. The minimum absolute atomic E-state index is 0.120. The lowest BCUT2D eigenvalue weighted by molar-refractivity contribution is 0.0757. The highest BCUT2D eigenvalue weighted by molar-refractivity contribution is 5.95. The summed E-state index contributed by atoms with van der Waals surface area (Å²) < 4.78 is 5.15. The van der Waals surface area contributed by atoms with Gasteiger partial charge < -0.3 is 15.0 Å². The third-order valence-electron chi connectivity index (χ3n) is 4.86. The van der Waals surface area contributed by atoms with Crippen molar-refractivity contribution in [2.45, 2.75) is 18.8 Å². The maximum absolute atomic E-state index is 12.9. The van der Waals surface area contributed by atoms with Crippen molar-refractivity contribution in [2.24, 2.45) is 0 Å². The van der Waals surface area contributed by atoms with Crippen LogP contribution in [0.1, 0.15) is 34.8 Å². The van der Waals surface area contributed by atoms with Crippen LogP contribution in [0.5, 0.6) is 0 Å². The van der Waals surface area contributed by atoms with E-state index in [2.05, 4.69) is 20.4 Å². The number of methoxy groups -OCH3 is 1. The highest BCUT2D eigenvalue weighted by atomic mass is 16.5. The first-order chi connectivity index (χ1) is 11.3. The number of ether oxygens (including phenoxy) is 1.